The predicted molar refractivity (Wildman–Crippen MR) is 104 cm³/mol. The van der Waals surface area contributed by atoms with Crippen LogP contribution in [0, 0.1) is 23.7 Å². The van der Waals surface area contributed by atoms with E-state index >= 15 is 0 Å². The molecule has 2 amide bonds. The van der Waals surface area contributed by atoms with E-state index in [1.165, 1.54) is 0 Å². The van der Waals surface area contributed by atoms with Crippen LogP contribution >= 0.6 is 0 Å². The van der Waals surface area contributed by atoms with E-state index in [9.17, 15) is 9.59 Å². The van der Waals surface area contributed by atoms with Crippen molar-refractivity contribution >= 4 is 18.0 Å². The fourth-order valence-electron chi connectivity index (χ4n) is 4.57. The van der Waals surface area contributed by atoms with Crippen LogP contribution in [0.2, 0.25) is 0 Å². The summed E-state index contributed by atoms with van der Waals surface area (Å²) < 4.78 is 5.92. The minimum absolute atomic E-state index is 0.175. The Bertz CT molecular complexity index is 952. The first-order valence-corrected chi connectivity index (χ1v) is 9.58. The number of amides is 2. The lowest BCUT2D eigenvalue weighted by Crippen LogP contribution is -2.28. The molecule has 2 aliphatic carbocycles. The molecule has 28 heavy (non-hydrogen) atoms. The highest BCUT2D eigenvalue weighted by Gasteiger charge is 2.59. The summed E-state index contributed by atoms with van der Waals surface area (Å²) in [5.74, 6) is 0.224. The third kappa shape index (κ3) is 2.74. The van der Waals surface area contributed by atoms with E-state index < -0.39 is 0 Å². The molecule has 5 nitrogen and oxygen atoms in total. The number of fused-ring (bicyclic) bond motifs is 5. The lowest BCUT2D eigenvalue weighted by atomic mass is 9.85. The molecule has 140 valence electrons. The zero-order valence-corrected chi connectivity index (χ0v) is 15.3. The lowest BCUT2D eigenvalue weighted by Gasteiger charge is -2.13. The second-order valence-electron chi connectivity index (χ2n) is 7.54. The first-order chi connectivity index (χ1) is 13.7. The topological polar surface area (TPSA) is 59.0 Å². The molecule has 0 spiro atoms. The predicted octanol–water partition coefficient (Wildman–Crippen LogP) is 3.41. The van der Waals surface area contributed by atoms with Crippen molar-refractivity contribution in [3.05, 3.63) is 77.9 Å². The molecule has 2 aromatic carbocycles. The third-order valence-corrected chi connectivity index (χ3v) is 5.92. The third-order valence-electron chi connectivity index (χ3n) is 5.92. The van der Waals surface area contributed by atoms with Gasteiger partial charge in [0.15, 0.2) is 0 Å². The Hall–Kier alpha value is -3.21. The molecule has 0 N–H and O–H groups in total. The van der Waals surface area contributed by atoms with Gasteiger partial charge in [-0.2, -0.15) is 10.1 Å². The van der Waals surface area contributed by atoms with Gasteiger partial charge in [-0.25, -0.2) is 0 Å². The molecule has 0 unspecified atom stereocenters. The van der Waals surface area contributed by atoms with Crippen LogP contribution in [-0.2, 0) is 16.2 Å². The molecule has 3 aliphatic rings. The average Bonchev–Trinajstić information content (AvgIpc) is 3.41. The summed E-state index contributed by atoms with van der Waals surface area (Å²) >= 11 is 0. The summed E-state index contributed by atoms with van der Waals surface area (Å²) in [5.41, 5.74) is 1.80. The number of ether oxygens (including phenoxy) is 1. The van der Waals surface area contributed by atoms with Gasteiger partial charge in [-0.3, -0.25) is 9.59 Å². The first kappa shape index (κ1) is 16.9. The minimum atomic E-state index is -0.232. The second-order valence-corrected chi connectivity index (χ2v) is 7.54. The van der Waals surface area contributed by atoms with Crippen LogP contribution in [-0.4, -0.2) is 23.0 Å². The van der Waals surface area contributed by atoms with E-state index in [1.807, 2.05) is 54.6 Å². The summed E-state index contributed by atoms with van der Waals surface area (Å²) in [6, 6.07) is 17.4. The van der Waals surface area contributed by atoms with Crippen molar-refractivity contribution in [1.29, 1.82) is 0 Å². The maximum absolute atomic E-state index is 12.7. The van der Waals surface area contributed by atoms with E-state index in [0.29, 0.717) is 12.4 Å². The quantitative estimate of drug-likeness (QED) is 0.459. The fourth-order valence-corrected chi connectivity index (χ4v) is 4.57. The molecule has 1 saturated carbocycles. The zero-order valence-electron chi connectivity index (χ0n) is 15.3. The van der Waals surface area contributed by atoms with Crippen LogP contribution in [0.5, 0.6) is 5.75 Å². The van der Waals surface area contributed by atoms with Crippen LogP contribution in [0.25, 0.3) is 0 Å². The fraction of sp³-hybridized carbons (Fsp3) is 0.261. The van der Waals surface area contributed by atoms with Crippen molar-refractivity contribution in [2.45, 2.75) is 13.0 Å². The number of carbonyl (C=O) groups excluding carboxylic acids is 2. The van der Waals surface area contributed by atoms with Crippen molar-refractivity contribution in [3.63, 3.8) is 0 Å². The highest BCUT2D eigenvalue weighted by atomic mass is 16.5. The Balaban J connectivity index is 1.33. The zero-order chi connectivity index (χ0) is 19.1. The van der Waals surface area contributed by atoms with Crippen molar-refractivity contribution in [2.75, 3.05) is 0 Å². The Morgan fingerprint density at radius 1 is 0.929 bits per heavy atom. The number of benzene rings is 2. The number of rotatable bonds is 5. The summed E-state index contributed by atoms with van der Waals surface area (Å²) in [6.45, 7) is 0.437. The second kappa shape index (κ2) is 6.75. The Kier molecular flexibility index (Phi) is 4.08. The summed E-state index contributed by atoms with van der Waals surface area (Å²) in [4.78, 5) is 25.5. The highest BCUT2D eigenvalue weighted by Crippen LogP contribution is 2.52. The number of hydrazone groups is 1. The largest absolute Gasteiger partial charge is 0.488 e. The van der Waals surface area contributed by atoms with Gasteiger partial charge in [0, 0.05) is 5.56 Å². The van der Waals surface area contributed by atoms with E-state index in [0.717, 1.165) is 22.6 Å². The van der Waals surface area contributed by atoms with Gasteiger partial charge < -0.3 is 4.74 Å². The van der Waals surface area contributed by atoms with Crippen LogP contribution in [0.3, 0.4) is 0 Å². The van der Waals surface area contributed by atoms with Crippen molar-refractivity contribution in [2.24, 2.45) is 28.8 Å². The lowest BCUT2D eigenvalue weighted by molar-refractivity contribution is -0.140. The molecule has 0 radical (unpaired) electrons. The summed E-state index contributed by atoms with van der Waals surface area (Å²) in [5, 5.41) is 5.32. The molecule has 1 aliphatic heterocycles. The molecule has 2 bridgehead atoms. The van der Waals surface area contributed by atoms with E-state index in [4.69, 9.17) is 4.74 Å². The van der Waals surface area contributed by atoms with Gasteiger partial charge in [-0.1, -0.05) is 54.6 Å². The van der Waals surface area contributed by atoms with Gasteiger partial charge in [0.25, 0.3) is 11.8 Å². The number of allylic oxidation sites excluding steroid dienone is 2. The van der Waals surface area contributed by atoms with E-state index in [1.54, 1.807) is 6.21 Å². The van der Waals surface area contributed by atoms with E-state index in [-0.39, 0.29) is 35.5 Å². The number of carbonyl (C=O) groups is 2. The first-order valence-electron chi connectivity index (χ1n) is 9.58. The number of nitrogens with zero attached hydrogens (tertiary/aromatic N) is 2. The van der Waals surface area contributed by atoms with Gasteiger partial charge in [-0.15, -0.1) is 0 Å². The number of hydrogen-bond acceptors (Lipinski definition) is 4. The molecule has 2 fully saturated rings. The SMILES string of the molecule is O=C1[C@@H]2[C@@H](C(=O)N1/N=C\c1ccccc1OCc1ccccc1)[C@H]1C=C[C@@H]2C1. The van der Waals surface area contributed by atoms with Crippen molar-refractivity contribution in [3.8, 4) is 5.75 Å². The van der Waals surface area contributed by atoms with Gasteiger partial charge in [-0.05, 0) is 36.0 Å². The molecular weight excluding hydrogens is 352 g/mol. The Labute approximate surface area is 163 Å². The Morgan fingerprint density at radius 3 is 2.29 bits per heavy atom. The van der Waals surface area contributed by atoms with Gasteiger partial charge >= 0.3 is 0 Å². The highest BCUT2D eigenvalue weighted by molar-refractivity contribution is 6.06. The normalized spacial score (nSPS) is 27.8. The molecule has 5 heteroatoms. The smallest absolute Gasteiger partial charge is 0.254 e. The molecule has 1 heterocycles. The van der Waals surface area contributed by atoms with Gasteiger partial charge in [0.05, 0.1) is 18.1 Å². The molecule has 2 aromatic rings. The molecule has 5 rings (SSSR count). The molecule has 4 atom stereocenters. The van der Waals surface area contributed by atoms with Gasteiger partial charge in [0.1, 0.15) is 12.4 Å². The van der Waals surface area contributed by atoms with Crippen molar-refractivity contribution in [1.82, 2.24) is 5.01 Å². The summed E-state index contributed by atoms with van der Waals surface area (Å²) in [7, 11) is 0. The Morgan fingerprint density at radius 2 is 1.57 bits per heavy atom. The number of para-hydroxylation sites is 1. The average molecular weight is 372 g/mol. The standard InChI is InChI=1S/C23H20N2O3/c26-22-20-16-10-11-17(12-16)21(20)23(27)25(22)24-13-18-8-4-5-9-19(18)28-14-15-6-2-1-3-7-15/h1-11,13,16-17,20-21H,12,14H2/b24-13-/t16-,17+,20-,21-/m0/s1. The number of imide groups is 1. The molecule has 0 aromatic heterocycles. The molecular formula is C23H20N2O3. The number of hydrogen-bond donors (Lipinski definition) is 0. The van der Waals surface area contributed by atoms with Crippen molar-refractivity contribution < 1.29 is 14.3 Å². The minimum Gasteiger partial charge on any atom is -0.488 e. The van der Waals surface area contributed by atoms with Crippen LogP contribution in [0.4, 0.5) is 0 Å². The molecule has 1 saturated heterocycles. The van der Waals surface area contributed by atoms with Crippen LogP contribution < -0.4 is 4.74 Å². The van der Waals surface area contributed by atoms with E-state index in [2.05, 4.69) is 17.3 Å². The monoisotopic (exact) mass is 372 g/mol. The maximum atomic E-state index is 12.7. The van der Waals surface area contributed by atoms with Crippen LogP contribution in [0.1, 0.15) is 17.5 Å². The maximum Gasteiger partial charge on any atom is 0.254 e. The van der Waals surface area contributed by atoms with Crippen LogP contribution in [0.15, 0.2) is 71.9 Å². The van der Waals surface area contributed by atoms with Gasteiger partial charge in [0.2, 0.25) is 0 Å². The summed E-state index contributed by atoms with van der Waals surface area (Å²) in [6.07, 6.45) is 6.63.